The number of ether oxygens (including phenoxy) is 2. The number of aryl methyl sites for hydroxylation is 4. The lowest BCUT2D eigenvalue weighted by Gasteiger charge is -2.28. The Labute approximate surface area is 370 Å². The van der Waals surface area contributed by atoms with Gasteiger partial charge in [0.25, 0.3) is 11.8 Å². The van der Waals surface area contributed by atoms with Gasteiger partial charge in [0.2, 0.25) is 23.7 Å². The topological polar surface area (TPSA) is 304 Å². The number of aromatic nitrogens is 8. The first-order chi connectivity index (χ1) is 31.0. The van der Waals surface area contributed by atoms with Crippen LogP contribution in [0, 0.1) is 13.8 Å². The standard InChI is InChI=1S/C41H48N13O10P/c1-5-53-30(13-22(3)48-53)38(57)46-40-44-28-15-24(36(42)55)17-32-34(28)51(40)10-7-8-11-52-35-29(45-41(52)47-39(58)31-14-23(4)49-54(31)6-2)16-25(37(43)56)18-33(35)63-21-26(20-62-32)50-12-9-27(19-50)64-65(59,60)61/h7-8,13-18,26-27H,5-6,9-12,19-21H2,1-4H3,(H2,42,55)(H2,43,56)(H,44,46,57)(H,45,47,58)(H2,59,60,61)/b8-7+/t27-/m0/s1. The summed E-state index contributed by atoms with van der Waals surface area (Å²) < 4.78 is 36.6. The van der Waals surface area contributed by atoms with Crippen LogP contribution in [0.4, 0.5) is 11.9 Å². The molecule has 8 rings (SSSR count). The quantitative estimate of drug-likeness (QED) is 0.0804. The molecule has 0 saturated carbocycles. The maximum absolute atomic E-state index is 13.9. The number of nitrogens with zero attached hydrogens (tertiary/aromatic N) is 9. The minimum Gasteiger partial charge on any atom is -0.490 e. The van der Waals surface area contributed by atoms with Crippen LogP contribution in [0.3, 0.4) is 0 Å². The summed E-state index contributed by atoms with van der Waals surface area (Å²) in [5.74, 6) is -1.86. The van der Waals surface area contributed by atoms with Gasteiger partial charge in [-0.2, -0.15) is 10.2 Å². The minimum absolute atomic E-state index is 0.0801. The van der Waals surface area contributed by atoms with Gasteiger partial charge in [0.15, 0.2) is 0 Å². The predicted molar refractivity (Wildman–Crippen MR) is 235 cm³/mol. The van der Waals surface area contributed by atoms with Crippen LogP contribution < -0.4 is 31.6 Å². The number of nitrogens with two attached hydrogens (primary N) is 2. The number of likely N-dealkylation sites (tertiary alicyclic amines) is 1. The Morgan fingerprint density at radius 3 is 1.65 bits per heavy atom. The van der Waals surface area contributed by atoms with Crippen LogP contribution in [0.15, 0.2) is 48.6 Å². The fraction of sp³-hybridized carbons (Fsp3) is 0.366. The number of nitrogens with one attached hydrogen (secondary N) is 2. The molecule has 0 spiro atoms. The molecular weight excluding hydrogens is 866 g/mol. The van der Waals surface area contributed by atoms with E-state index < -0.39 is 43.6 Å². The van der Waals surface area contributed by atoms with Gasteiger partial charge >= 0.3 is 7.82 Å². The maximum atomic E-state index is 13.9. The number of hydrogen-bond donors (Lipinski definition) is 6. The highest BCUT2D eigenvalue weighted by Crippen LogP contribution is 2.40. The molecule has 0 aliphatic carbocycles. The summed E-state index contributed by atoms with van der Waals surface area (Å²) >= 11 is 0. The Kier molecular flexibility index (Phi) is 12.3. The summed E-state index contributed by atoms with van der Waals surface area (Å²) in [4.78, 5) is 83.7. The molecule has 4 aromatic heterocycles. The van der Waals surface area contributed by atoms with Gasteiger partial charge < -0.3 is 39.9 Å². The molecule has 24 heteroatoms. The molecule has 2 aromatic carbocycles. The van der Waals surface area contributed by atoms with E-state index in [4.69, 9.17) is 35.4 Å². The molecule has 2 aliphatic heterocycles. The van der Waals surface area contributed by atoms with Crippen molar-refractivity contribution in [1.29, 1.82) is 0 Å². The number of rotatable bonds is 11. The number of primary amides is 2. The summed E-state index contributed by atoms with van der Waals surface area (Å²) in [7, 11) is -4.83. The number of benzene rings is 2. The van der Waals surface area contributed by atoms with Crippen molar-refractivity contribution < 1.29 is 47.5 Å². The summed E-state index contributed by atoms with van der Waals surface area (Å²) in [5.41, 5.74) is 15.0. The van der Waals surface area contributed by atoms with Gasteiger partial charge in [-0.05, 0) is 70.5 Å². The first-order valence-corrected chi connectivity index (χ1v) is 22.3. The summed E-state index contributed by atoms with van der Waals surface area (Å²) in [6, 6.07) is 8.60. The molecule has 2 aliphatic rings. The Hall–Kier alpha value is -6.91. The van der Waals surface area contributed by atoms with E-state index in [1.54, 1.807) is 44.5 Å². The number of carbonyl (C=O) groups excluding carboxylic acids is 4. The van der Waals surface area contributed by atoms with Crippen molar-refractivity contribution in [3.05, 3.63) is 82.5 Å². The molecule has 1 atom stereocenters. The van der Waals surface area contributed by atoms with Crippen molar-refractivity contribution in [1.82, 2.24) is 43.6 Å². The third kappa shape index (κ3) is 9.36. The normalized spacial score (nSPS) is 16.7. The van der Waals surface area contributed by atoms with E-state index in [-0.39, 0.29) is 84.8 Å². The smallest absolute Gasteiger partial charge is 0.469 e. The molecule has 0 unspecified atom stereocenters. The lowest BCUT2D eigenvalue weighted by Crippen LogP contribution is -2.43. The first-order valence-electron chi connectivity index (χ1n) is 20.8. The molecule has 342 valence electrons. The fourth-order valence-corrected chi connectivity index (χ4v) is 8.70. The highest BCUT2D eigenvalue weighted by Gasteiger charge is 2.35. The molecule has 6 heterocycles. The van der Waals surface area contributed by atoms with Gasteiger partial charge in [0.05, 0.1) is 34.6 Å². The molecule has 6 aromatic rings. The minimum atomic E-state index is -4.83. The Bertz CT molecular complexity index is 2770. The largest absolute Gasteiger partial charge is 0.490 e. The van der Waals surface area contributed by atoms with Gasteiger partial charge in [-0.3, -0.25) is 48.6 Å². The van der Waals surface area contributed by atoms with Crippen LogP contribution >= 0.6 is 7.82 Å². The van der Waals surface area contributed by atoms with Crippen LogP contribution in [-0.2, 0) is 35.3 Å². The van der Waals surface area contributed by atoms with Crippen molar-refractivity contribution in [2.45, 2.75) is 72.4 Å². The van der Waals surface area contributed by atoms with Gasteiger partial charge in [0.1, 0.15) is 47.1 Å². The Balaban J connectivity index is 1.27. The lowest BCUT2D eigenvalue weighted by atomic mass is 10.1. The average Bonchev–Trinajstić information content (AvgIpc) is 4.08. The van der Waals surface area contributed by atoms with E-state index in [0.717, 1.165) is 0 Å². The molecule has 23 nitrogen and oxygen atoms in total. The molecule has 0 radical (unpaired) electrons. The number of carbonyl (C=O) groups is 4. The highest BCUT2D eigenvalue weighted by atomic mass is 31.2. The third-order valence-electron chi connectivity index (χ3n) is 11.1. The Morgan fingerprint density at radius 2 is 1.23 bits per heavy atom. The molecule has 65 heavy (non-hydrogen) atoms. The summed E-state index contributed by atoms with van der Waals surface area (Å²) in [6.45, 7) is 8.51. The molecule has 4 amide bonds. The van der Waals surface area contributed by atoms with Crippen LogP contribution in [0.5, 0.6) is 11.5 Å². The molecule has 0 bridgehead atoms. The highest BCUT2D eigenvalue weighted by molar-refractivity contribution is 7.46. The fourth-order valence-electron chi connectivity index (χ4n) is 8.14. The van der Waals surface area contributed by atoms with E-state index in [0.29, 0.717) is 53.4 Å². The monoisotopic (exact) mass is 913 g/mol. The second-order valence-electron chi connectivity index (χ2n) is 15.6. The van der Waals surface area contributed by atoms with E-state index >= 15 is 0 Å². The summed E-state index contributed by atoms with van der Waals surface area (Å²) in [5, 5.41) is 14.6. The van der Waals surface area contributed by atoms with E-state index in [1.165, 1.54) is 24.3 Å². The van der Waals surface area contributed by atoms with Crippen molar-refractivity contribution >= 4 is 65.4 Å². The van der Waals surface area contributed by atoms with E-state index in [2.05, 4.69) is 20.8 Å². The summed E-state index contributed by atoms with van der Waals surface area (Å²) in [6.07, 6.45) is 3.06. The molecule has 1 saturated heterocycles. The second-order valence-corrected chi connectivity index (χ2v) is 16.8. The number of phosphoric ester groups is 1. The number of hydrogen-bond acceptors (Lipinski definition) is 13. The van der Waals surface area contributed by atoms with Crippen molar-refractivity contribution in [3.8, 4) is 11.5 Å². The molecular formula is C41H48N13O10P. The average molecular weight is 914 g/mol. The van der Waals surface area contributed by atoms with E-state index in [1.807, 2.05) is 30.9 Å². The second kappa shape index (κ2) is 17.9. The van der Waals surface area contributed by atoms with Crippen LogP contribution in [-0.4, -0.2) is 115 Å². The number of imidazole rings is 2. The van der Waals surface area contributed by atoms with Gasteiger partial charge in [-0.15, -0.1) is 0 Å². The van der Waals surface area contributed by atoms with E-state index in [9.17, 15) is 33.5 Å². The maximum Gasteiger partial charge on any atom is 0.469 e. The number of allylic oxidation sites excluding steroid dienone is 2. The molecule has 8 N–H and O–H groups in total. The van der Waals surface area contributed by atoms with Crippen molar-refractivity contribution in [3.63, 3.8) is 0 Å². The van der Waals surface area contributed by atoms with Gasteiger partial charge in [0, 0.05) is 50.4 Å². The number of amides is 4. The van der Waals surface area contributed by atoms with Crippen molar-refractivity contribution in [2.24, 2.45) is 11.5 Å². The van der Waals surface area contributed by atoms with Crippen LogP contribution in [0.25, 0.3) is 22.1 Å². The SMILES string of the molecule is CCn1nc(C)cc1C(=O)Nc1nc2cc(C(N)=O)cc3c2n1C/C=C/Cn1c(NC(=O)c2cc(C)nn2CC)nc2cc(C(N)=O)cc(c21)OCC(N1CC[C@H](OP(=O)(O)O)C1)CO3. The van der Waals surface area contributed by atoms with Crippen LogP contribution in [0.1, 0.15) is 73.3 Å². The first kappa shape index (κ1) is 44.7. The van der Waals surface area contributed by atoms with Crippen molar-refractivity contribution in [2.75, 3.05) is 36.9 Å². The zero-order valence-corrected chi connectivity index (χ0v) is 36.8. The number of phosphoric acid groups is 1. The lowest BCUT2D eigenvalue weighted by molar-refractivity contribution is 0.0897. The Morgan fingerprint density at radius 1 is 0.769 bits per heavy atom. The van der Waals surface area contributed by atoms with Gasteiger partial charge in [-0.25, -0.2) is 14.5 Å². The zero-order chi connectivity index (χ0) is 46.3. The number of anilines is 2. The molecule has 1 fully saturated rings. The van der Waals surface area contributed by atoms with Crippen LogP contribution in [0.2, 0.25) is 0 Å². The third-order valence-corrected chi connectivity index (χ3v) is 11.7. The zero-order valence-electron chi connectivity index (χ0n) is 35.9. The van der Waals surface area contributed by atoms with Gasteiger partial charge in [-0.1, -0.05) is 12.2 Å². The predicted octanol–water partition coefficient (Wildman–Crippen LogP) is 2.72.